The van der Waals surface area contributed by atoms with Gasteiger partial charge in [0.15, 0.2) is 26.3 Å². The predicted molar refractivity (Wildman–Crippen MR) is 192 cm³/mol. The minimum atomic E-state index is -3.29. The number of aliphatic carboxylic acids is 1. The second kappa shape index (κ2) is 14.8. The van der Waals surface area contributed by atoms with Crippen LogP contribution in [0.5, 0.6) is 5.75 Å². The first kappa shape index (κ1) is 35.0. The summed E-state index contributed by atoms with van der Waals surface area (Å²) in [7, 11) is -6.57. The number of hydrogen-bond donors (Lipinski definition) is 1. The number of carboxylic acids is 1. The van der Waals surface area contributed by atoms with E-state index < -0.39 is 32.3 Å². The third kappa shape index (κ3) is 8.96. The Morgan fingerprint density at radius 1 is 0.688 bits per heavy atom. The monoisotopic (exact) mass is 718 g/mol. The molecular weight excluding hydrogens is 688 g/mol. The van der Waals surface area contributed by atoms with E-state index in [9.17, 15) is 21.6 Å². The molecular formula is C37H31ClO7S3. The van der Waals surface area contributed by atoms with Gasteiger partial charge in [0.1, 0.15) is 5.75 Å². The number of rotatable bonds is 12. The summed E-state index contributed by atoms with van der Waals surface area (Å²) in [6.07, 6.45) is 4.49. The van der Waals surface area contributed by atoms with Crippen LogP contribution in [0.4, 0.5) is 0 Å². The maximum Gasteiger partial charge on any atom is 0.341 e. The van der Waals surface area contributed by atoms with Gasteiger partial charge in [-0.05, 0) is 81.4 Å². The molecule has 0 saturated heterocycles. The van der Waals surface area contributed by atoms with Gasteiger partial charge in [-0.15, -0.1) is 11.8 Å². The van der Waals surface area contributed by atoms with Crippen LogP contribution in [-0.2, 0) is 24.5 Å². The Morgan fingerprint density at radius 3 is 1.48 bits per heavy atom. The van der Waals surface area contributed by atoms with Crippen LogP contribution in [0.2, 0.25) is 5.02 Å². The third-order valence-electron chi connectivity index (χ3n) is 7.42. The van der Waals surface area contributed by atoms with Crippen molar-refractivity contribution < 1.29 is 31.5 Å². The molecule has 7 nitrogen and oxygen atoms in total. The van der Waals surface area contributed by atoms with E-state index in [0.717, 1.165) is 43.8 Å². The fourth-order valence-corrected chi connectivity index (χ4v) is 7.29. The summed E-state index contributed by atoms with van der Waals surface area (Å²) in [6, 6.07) is 34.9. The topological polar surface area (TPSA) is 115 Å². The fraction of sp³-hybridized carbons (Fsp3) is 0.108. The molecule has 48 heavy (non-hydrogen) atoms. The number of sulfone groups is 2. The van der Waals surface area contributed by atoms with Gasteiger partial charge in [-0.2, -0.15) is 0 Å². The van der Waals surface area contributed by atoms with Crippen LogP contribution in [0.3, 0.4) is 0 Å². The Labute approximate surface area is 289 Å². The highest BCUT2D eigenvalue weighted by atomic mass is 35.5. The number of ether oxygens (including phenoxy) is 1. The SMILES string of the molecule is CS(=O)(=O)c1ccc(-c2ccc(C(=CCSc3ccc(OCC(=O)O)c(Cl)c3)c3ccc(-c4ccc(S(C)(=O)=O)cc4)cc3)cc2)cc1. The Hall–Kier alpha value is -4.35. The van der Waals surface area contributed by atoms with Crippen molar-refractivity contribution in [2.75, 3.05) is 24.9 Å². The Balaban J connectivity index is 1.42. The van der Waals surface area contributed by atoms with Crippen LogP contribution < -0.4 is 4.74 Å². The second-order valence-electron chi connectivity index (χ2n) is 11.0. The van der Waals surface area contributed by atoms with E-state index >= 15 is 0 Å². The second-order valence-corrected chi connectivity index (χ2v) is 16.5. The zero-order valence-corrected chi connectivity index (χ0v) is 29.2. The molecule has 0 aromatic heterocycles. The summed E-state index contributed by atoms with van der Waals surface area (Å²) < 4.78 is 52.8. The van der Waals surface area contributed by atoms with Crippen molar-refractivity contribution in [2.24, 2.45) is 0 Å². The smallest absolute Gasteiger partial charge is 0.341 e. The first-order chi connectivity index (χ1) is 22.8. The van der Waals surface area contributed by atoms with Gasteiger partial charge in [0.2, 0.25) is 0 Å². The van der Waals surface area contributed by atoms with Gasteiger partial charge in [-0.25, -0.2) is 21.6 Å². The van der Waals surface area contributed by atoms with Crippen molar-refractivity contribution in [3.8, 4) is 28.0 Å². The summed E-state index contributed by atoms with van der Waals surface area (Å²) in [5.74, 6) is -0.181. The lowest BCUT2D eigenvalue weighted by atomic mass is 9.94. The summed E-state index contributed by atoms with van der Waals surface area (Å²) in [6.45, 7) is -0.478. The first-order valence-electron chi connectivity index (χ1n) is 14.6. The van der Waals surface area contributed by atoms with Crippen LogP contribution in [0.15, 0.2) is 136 Å². The van der Waals surface area contributed by atoms with Crippen LogP contribution in [-0.4, -0.2) is 52.8 Å². The molecule has 0 fully saturated rings. The standard InChI is InChI=1S/C37H31ClO7S3/c1-47(41,42)32-16-11-27(12-17-32)25-3-7-29(8-4-25)34(21-22-46-31-15-20-36(35(38)23-31)45-24-37(39)40)30-9-5-26(6-10-30)28-13-18-33(19-14-28)48(2,43)44/h3-21,23H,22,24H2,1-2H3,(H,39,40). The van der Waals surface area contributed by atoms with Crippen molar-refractivity contribution in [3.63, 3.8) is 0 Å². The van der Waals surface area contributed by atoms with Gasteiger partial charge in [-0.3, -0.25) is 0 Å². The highest BCUT2D eigenvalue weighted by Crippen LogP contribution is 2.33. The molecule has 0 aliphatic heterocycles. The van der Waals surface area contributed by atoms with E-state index in [2.05, 4.69) is 6.08 Å². The van der Waals surface area contributed by atoms with E-state index in [1.54, 1.807) is 72.4 Å². The normalized spacial score (nSPS) is 11.6. The van der Waals surface area contributed by atoms with E-state index in [0.29, 0.717) is 16.5 Å². The average molecular weight is 719 g/mol. The third-order valence-corrected chi connectivity index (χ3v) is 10.9. The van der Waals surface area contributed by atoms with Crippen LogP contribution in [0, 0.1) is 0 Å². The number of benzene rings is 5. The highest BCUT2D eigenvalue weighted by Gasteiger charge is 2.12. The predicted octanol–water partition coefficient (Wildman–Crippen LogP) is 8.17. The quantitative estimate of drug-likeness (QED) is 0.129. The maximum absolute atomic E-state index is 11.9. The van der Waals surface area contributed by atoms with Gasteiger partial charge in [-0.1, -0.05) is 90.5 Å². The molecule has 0 aliphatic carbocycles. The summed E-state index contributed by atoms with van der Waals surface area (Å²) >= 11 is 7.89. The molecule has 0 heterocycles. The van der Waals surface area contributed by atoms with E-state index in [1.807, 2.05) is 54.6 Å². The lowest BCUT2D eigenvalue weighted by molar-refractivity contribution is -0.139. The lowest BCUT2D eigenvalue weighted by Crippen LogP contribution is -2.09. The lowest BCUT2D eigenvalue weighted by Gasteiger charge is -2.12. The molecule has 1 N–H and O–H groups in total. The number of hydrogen-bond acceptors (Lipinski definition) is 7. The Bertz CT molecular complexity index is 2060. The molecule has 0 bridgehead atoms. The number of carbonyl (C=O) groups is 1. The number of carboxylic acid groups (broad SMARTS) is 1. The molecule has 0 atom stereocenters. The van der Waals surface area contributed by atoms with Crippen LogP contribution in [0.1, 0.15) is 11.1 Å². The van der Waals surface area contributed by atoms with E-state index in [4.69, 9.17) is 21.4 Å². The van der Waals surface area contributed by atoms with E-state index in [-0.39, 0.29) is 9.79 Å². The van der Waals surface area contributed by atoms with Crippen molar-refractivity contribution in [1.29, 1.82) is 0 Å². The Morgan fingerprint density at radius 2 is 1.10 bits per heavy atom. The molecule has 0 aliphatic rings. The first-order valence-corrected chi connectivity index (χ1v) is 19.7. The van der Waals surface area contributed by atoms with Crippen molar-refractivity contribution in [3.05, 3.63) is 137 Å². The molecule has 0 radical (unpaired) electrons. The summed E-state index contributed by atoms with van der Waals surface area (Å²) in [4.78, 5) is 12.3. The average Bonchev–Trinajstić information content (AvgIpc) is 3.06. The van der Waals surface area contributed by atoms with Gasteiger partial charge in [0.05, 0.1) is 14.8 Å². The zero-order chi connectivity index (χ0) is 34.5. The molecule has 5 rings (SSSR count). The van der Waals surface area contributed by atoms with Gasteiger partial charge in [0, 0.05) is 23.2 Å². The van der Waals surface area contributed by atoms with Crippen molar-refractivity contribution in [1.82, 2.24) is 0 Å². The highest BCUT2D eigenvalue weighted by molar-refractivity contribution is 7.99. The number of thioether (sulfide) groups is 1. The molecule has 0 saturated carbocycles. The van der Waals surface area contributed by atoms with Gasteiger partial charge >= 0.3 is 5.97 Å². The molecule has 5 aromatic rings. The molecule has 0 unspecified atom stereocenters. The summed E-state index contributed by atoms with van der Waals surface area (Å²) in [5, 5.41) is 9.20. The minimum absolute atomic E-state index is 0.268. The van der Waals surface area contributed by atoms with E-state index in [1.165, 1.54) is 12.5 Å². The molecule has 0 spiro atoms. The fourth-order valence-electron chi connectivity index (χ4n) is 4.93. The summed E-state index contributed by atoms with van der Waals surface area (Å²) in [5.41, 5.74) is 6.64. The molecule has 0 amide bonds. The molecule has 11 heteroatoms. The van der Waals surface area contributed by atoms with Crippen molar-refractivity contribution >= 4 is 54.6 Å². The Kier molecular flexibility index (Phi) is 10.8. The van der Waals surface area contributed by atoms with Crippen LogP contribution >= 0.6 is 23.4 Å². The maximum atomic E-state index is 11.9. The van der Waals surface area contributed by atoms with Crippen LogP contribution in [0.25, 0.3) is 27.8 Å². The molecule has 246 valence electrons. The van der Waals surface area contributed by atoms with Crippen molar-refractivity contribution in [2.45, 2.75) is 14.7 Å². The van der Waals surface area contributed by atoms with Gasteiger partial charge < -0.3 is 9.84 Å². The van der Waals surface area contributed by atoms with Gasteiger partial charge in [0.25, 0.3) is 0 Å². The number of halogens is 1. The zero-order valence-electron chi connectivity index (χ0n) is 26.0. The molecule has 5 aromatic carbocycles. The minimum Gasteiger partial charge on any atom is -0.480 e. The largest absolute Gasteiger partial charge is 0.480 e.